The third-order valence-corrected chi connectivity index (χ3v) is 8.11. The Morgan fingerprint density at radius 3 is 2.42 bits per heavy atom. The predicted octanol–water partition coefficient (Wildman–Crippen LogP) is 2.61. The lowest BCUT2D eigenvalue weighted by Crippen LogP contribution is -2.49. The Hall–Kier alpha value is -2.45. The van der Waals surface area contributed by atoms with Gasteiger partial charge in [-0.25, -0.2) is 13.4 Å². The van der Waals surface area contributed by atoms with Gasteiger partial charge < -0.3 is 9.80 Å². The van der Waals surface area contributed by atoms with Crippen molar-refractivity contribution >= 4 is 21.7 Å². The van der Waals surface area contributed by atoms with E-state index in [-0.39, 0.29) is 11.8 Å². The molecule has 0 bridgehead atoms. The normalized spacial score (nSPS) is 20.6. The average Bonchev–Trinajstić information content (AvgIpc) is 2.84. The number of nitrogens with zero attached hydrogens (tertiary/aromatic N) is 4. The van der Waals surface area contributed by atoms with Gasteiger partial charge in [-0.3, -0.25) is 4.79 Å². The number of hydrogen-bond acceptors (Lipinski definition) is 5. The van der Waals surface area contributed by atoms with Gasteiger partial charge >= 0.3 is 0 Å². The molecule has 1 atom stereocenters. The SMILES string of the molecule is O=C(CCC1CCCN(S(=O)(=O)c2ccccc2)C1)N1CCN(c2ccccn2)CC1. The van der Waals surface area contributed by atoms with Crippen LogP contribution in [0.3, 0.4) is 0 Å². The van der Waals surface area contributed by atoms with Crippen LogP contribution in [-0.2, 0) is 14.8 Å². The van der Waals surface area contributed by atoms with Crippen molar-refractivity contribution in [1.29, 1.82) is 0 Å². The minimum Gasteiger partial charge on any atom is -0.353 e. The quantitative estimate of drug-likeness (QED) is 0.688. The van der Waals surface area contributed by atoms with Gasteiger partial charge in [0.1, 0.15) is 5.82 Å². The molecule has 1 aromatic carbocycles. The number of rotatable bonds is 6. The molecular weight excluding hydrogens is 412 g/mol. The fourth-order valence-corrected chi connectivity index (χ4v) is 6.01. The zero-order valence-electron chi connectivity index (χ0n) is 17.8. The molecule has 0 aliphatic carbocycles. The number of carbonyl (C=O) groups excluding carboxylic acids is 1. The highest BCUT2D eigenvalue weighted by Gasteiger charge is 2.31. The highest BCUT2D eigenvalue weighted by atomic mass is 32.2. The predicted molar refractivity (Wildman–Crippen MR) is 120 cm³/mol. The molecule has 0 saturated carbocycles. The zero-order chi connectivity index (χ0) is 21.7. The molecule has 4 rings (SSSR count). The Balaban J connectivity index is 1.26. The van der Waals surface area contributed by atoms with Crippen molar-refractivity contribution in [1.82, 2.24) is 14.2 Å². The largest absolute Gasteiger partial charge is 0.353 e. The number of piperazine rings is 1. The van der Waals surface area contributed by atoms with E-state index in [1.165, 1.54) is 0 Å². The number of amides is 1. The van der Waals surface area contributed by atoms with E-state index in [0.29, 0.717) is 37.5 Å². The van der Waals surface area contributed by atoms with Crippen molar-refractivity contribution in [3.05, 3.63) is 54.7 Å². The zero-order valence-corrected chi connectivity index (χ0v) is 18.6. The Morgan fingerprint density at radius 2 is 1.71 bits per heavy atom. The molecule has 2 saturated heterocycles. The summed E-state index contributed by atoms with van der Waals surface area (Å²) in [7, 11) is -3.46. The molecule has 8 heteroatoms. The van der Waals surface area contributed by atoms with E-state index in [2.05, 4.69) is 9.88 Å². The fourth-order valence-electron chi connectivity index (χ4n) is 4.43. The third kappa shape index (κ3) is 5.25. The van der Waals surface area contributed by atoms with Crippen LogP contribution >= 0.6 is 0 Å². The van der Waals surface area contributed by atoms with Crippen LogP contribution in [0.2, 0.25) is 0 Å². The number of aromatic nitrogens is 1. The number of benzene rings is 1. The molecular formula is C23H30N4O3S. The monoisotopic (exact) mass is 442 g/mol. The van der Waals surface area contributed by atoms with Crippen molar-refractivity contribution in [3.8, 4) is 0 Å². The molecule has 1 aromatic heterocycles. The molecule has 2 fully saturated rings. The summed E-state index contributed by atoms with van der Waals surface area (Å²) < 4.78 is 27.4. The van der Waals surface area contributed by atoms with Gasteiger partial charge in [0.2, 0.25) is 15.9 Å². The summed E-state index contributed by atoms with van der Waals surface area (Å²) in [6.07, 6.45) is 4.82. The van der Waals surface area contributed by atoms with Gasteiger partial charge in [0.05, 0.1) is 4.90 Å². The highest BCUT2D eigenvalue weighted by Crippen LogP contribution is 2.26. The molecule has 166 valence electrons. The summed E-state index contributed by atoms with van der Waals surface area (Å²) in [6.45, 7) is 4.03. The minimum absolute atomic E-state index is 0.170. The standard InChI is InChI=1S/C23H30N4O3S/c28-23(26-17-15-25(16-18-26)22-10-4-5-13-24-22)12-11-20-7-6-14-27(19-20)31(29,30)21-8-2-1-3-9-21/h1-5,8-10,13,20H,6-7,11-12,14-19H2. The Kier molecular flexibility index (Phi) is 6.87. The molecule has 2 aliphatic rings. The van der Waals surface area contributed by atoms with Gasteiger partial charge in [0.25, 0.3) is 0 Å². The molecule has 31 heavy (non-hydrogen) atoms. The van der Waals surface area contributed by atoms with Crippen LogP contribution in [0.15, 0.2) is 59.6 Å². The van der Waals surface area contributed by atoms with Crippen LogP contribution in [0.25, 0.3) is 0 Å². The molecule has 2 aliphatic heterocycles. The van der Waals surface area contributed by atoms with Crippen LogP contribution in [0.5, 0.6) is 0 Å². The Bertz CT molecular complexity index is 961. The van der Waals surface area contributed by atoms with Gasteiger partial charge in [-0.2, -0.15) is 4.31 Å². The van der Waals surface area contributed by atoms with E-state index < -0.39 is 10.0 Å². The number of pyridine rings is 1. The maximum Gasteiger partial charge on any atom is 0.243 e. The Morgan fingerprint density at radius 1 is 0.968 bits per heavy atom. The number of hydrogen-bond donors (Lipinski definition) is 0. The minimum atomic E-state index is -3.46. The molecule has 1 amide bonds. The van der Waals surface area contributed by atoms with E-state index in [1.807, 2.05) is 29.2 Å². The molecule has 3 heterocycles. The topological polar surface area (TPSA) is 73.8 Å². The van der Waals surface area contributed by atoms with Gasteiger partial charge in [0, 0.05) is 51.9 Å². The second-order valence-corrected chi connectivity index (χ2v) is 10.2. The molecule has 0 N–H and O–H groups in total. The first-order valence-corrected chi connectivity index (χ1v) is 12.5. The molecule has 1 unspecified atom stereocenters. The number of anilines is 1. The summed E-state index contributed by atoms with van der Waals surface area (Å²) in [4.78, 5) is 21.6. The summed E-state index contributed by atoms with van der Waals surface area (Å²) in [5.41, 5.74) is 0. The first-order valence-electron chi connectivity index (χ1n) is 11.0. The van der Waals surface area contributed by atoms with Crippen molar-refractivity contribution in [2.75, 3.05) is 44.2 Å². The van der Waals surface area contributed by atoms with Gasteiger partial charge in [-0.15, -0.1) is 0 Å². The lowest BCUT2D eigenvalue weighted by Gasteiger charge is -2.36. The Labute approximate surface area is 184 Å². The highest BCUT2D eigenvalue weighted by molar-refractivity contribution is 7.89. The number of carbonyl (C=O) groups is 1. The molecule has 7 nitrogen and oxygen atoms in total. The maximum absolute atomic E-state index is 12.9. The van der Waals surface area contributed by atoms with Crippen LogP contribution in [-0.4, -0.2) is 67.8 Å². The third-order valence-electron chi connectivity index (χ3n) is 6.23. The van der Waals surface area contributed by atoms with Crippen LogP contribution < -0.4 is 4.90 Å². The van der Waals surface area contributed by atoms with Crippen molar-refractivity contribution < 1.29 is 13.2 Å². The van der Waals surface area contributed by atoms with Crippen molar-refractivity contribution in [2.24, 2.45) is 5.92 Å². The van der Waals surface area contributed by atoms with Crippen LogP contribution in [0.1, 0.15) is 25.7 Å². The van der Waals surface area contributed by atoms with E-state index in [4.69, 9.17) is 0 Å². The van der Waals surface area contributed by atoms with E-state index in [9.17, 15) is 13.2 Å². The average molecular weight is 443 g/mol. The van der Waals surface area contributed by atoms with Gasteiger partial charge in [-0.1, -0.05) is 24.3 Å². The van der Waals surface area contributed by atoms with Crippen molar-refractivity contribution in [2.45, 2.75) is 30.6 Å². The summed E-state index contributed by atoms with van der Waals surface area (Å²) in [6, 6.07) is 14.5. The second-order valence-electron chi connectivity index (χ2n) is 8.28. The summed E-state index contributed by atoms with van der Waals surface area (Å²) in [5.74, 6) is 1.35. The van der Waals surface area contributed by atoms with E-state index >= 15 is 0 Å². The van der Waals surface area contributed by atoms with Gasteiger partial charge in [0.15, 0.2) is 0 Å². The summed E-state index contributed by atoms with van der Waals surface area (Å²) >= 11 is 0. The number of piperidine rings is 1. The lowest BCUT2D eigenvalue weighted by atomic mass is 9.94. The lowest BCUT2D eigenvalue weighted by molar-refractivity contribution is -0.131. The fraction of sp³-hybridized carbons (Fsp3) is 0.478. The first-order chi connectivity index (χ1) is 15.0. The van der Waals surface area contributed by atoms with E-state index in [0.717, 1.165) is 38.2 Å². The number of sulfonamides is 1. The van der Waals surface area contributed by atoms with Crippen LogP contribution in [0.4, 0.5) is 5.82 Å². The first kappa shape index (κ1) is 21.8. The van der Waals surface area contributed by atoms with Gasteiger partial charge in [-0.05, 0) is 49.4 Å². The second kappa shape index (κ2) is 9.78. The smallest absolute Gasteiger partial charge is 0.243 e. The van der Waals surface area contributed by atoms with E-state index in [1.54, 1.807) is 34.8 Å². The molecule has 2 aromatic rings. The molecule has 0 radical (unpaired) electrons. The van der Waals surface area contributed by atoms with Crippen molar-refractivity contribution in [3.63, 3.8) is 0 Å². The molecule has 0 spiro atoms. The maximum atomic E-state index is 12.9. The van der Waals surface area contributed by atoms with Crippen LogP contribution in [0, 0.1) is 5.92 Å². The summed E-state index contributed by atoms with van der Waals surface area (Å²) in [5, 5.41) is 0.